The SMILES string of the molecule is NC(=O)C1CCN(C(=O)c2c3c(nc4ccccc24)/C(=C/c2ccc4c(c2)OCO4)CC3)CC1. The molecule has 0 atom stereocenters. The van der Waals surface area contributed by atoms with E-state index in [0.29, 0.717) is 25.9 Å². The van der Waals surface area contributed by atoms with Crippen LogP contribution in [0.1, 0.15) is 46.4 Å². The summed E-state index contributed by atoms with van der Waals surface area (Å²) in [5.74, 6) is 1.09. The van der Waals surface area contributed by atoms with E-state index in [1.165, 1.54) is 0 Å². The van der Waals surface area contributed by atoms with Gasteiger partial charge in [0.2, 0.25) is 12.7 Å². The van der Waals surface area contributed by atoms with Gasteiger partial charge < -0.3 is 20.1 Å². The second kappa shape index (κ2) is 8.17. The smallest absolute Gasteiger partial charge is 0.254 e. The average molecular weight is 456 g/mol. The second-order valence-corrected chi connectivity index (χ2v) is 9.08. The molecule has 2 N–H and O–H groups in total. The van der Waals surface area contributed by atoms with Crippen molar-refractivity contribution in [3.8, 4) is 11.5 Å². The van der Waals surface area contributed by atoms with Crippen LogP contribution in [0.25, 0.3) is 22.6 Å². The summed E-state index contributed by atoms with van der Waals surface area (Å²) in [7, 11) is 0. The number of carbonyl (C=O) groups excluding carboxylic acids is 2. The number of allylic oxidation sites excluding steroid dienone is 1. The van der Waals surface area contributed by atoms with Gasteiger partial charge in [-0.1, -0.05) is 24.3 Å². The summed E-state index contributed by atoms with van der Waals surface area (Å²) < 4.78 is 10.9. The van der Waals surface area contributed by atoms with Crippen molar-refractivity contribution in [3.05, 3.63) is 64.8 Å². The molecule has 3 aliphatic rings. The van der Waals surface area contributed by atoms with Gasteiger partial charge >= 0.3 is 0 Å². The van der Waals surface area contributed by atoms with Crippen LogP contribution in [0, 0.1) is 5.92 Å². The van der Waals surface area contributed by atoms with E-state index in [4.69, 9.17) is 20.2 Å². The molecule has 0 radical (unpaired) electrons. The van der Waals surface area contributed by atoms with Crippen LogP contribution >= 0.6 is 0 Å². The van der Waals surface area contributed by atoms with Crippen molar-refractivity contribution < 1.29 is 19.1 Å². The number of nitrogens with two attached hydrogens (primary N) is 1. The Bertz CT molecular complexity index is 1360. The van der Waals surface area contributed by atoms with Gasteiger partial charge in [-0.3, -0.25) is 9.59 Å². The molecule has 0 bridgehead atoms. The molecule has 3 heterocycles. The molecule has 2 aromatic carbocycles. The number of para-hydroxylation sites is 1. The Kier molecular flexibility index (Phi) is 4.98. The molecule has 3 aromatic rings. The summed E-state index contributed by atoms with van der Waals surface area (Å²) in [6, 6.07) is 13.7. The van der Waals surface area contributed by atoms with Gasteiger partial charge in [-0.2, -0.15) is 0 Å². The Hall–Kier alpha value is -3.87. The Balaban J connectivity index is 1.40. The quantitative estimate of drug-likeness (QED) is 0.649. The molecule has 2 amide bonds. The molecule has 0 spiro atoms. The molecule has 1 fully saturated rings. The first-order valence-corrected chi connectivity index (χ1v) is 11.7. The first-order chi connectivity index (χ1) is 16.6. The molecule has 2 aliphatic heterocycles. The number of rotatable bonds is 3. The zero-order chi connectivity index (χ0) is 23.2. The minimum absolute atomic E-state index is 0.0158. The second-order valence-electron chi connectivity index (χ2n) is 9.08. The minimum Gasteiger partial charge on any atom is -0.454 e. The fourth-order valence-electron chi connectivity index (χ4n) is 5.25. The number of hydrogen-bond donors (Lipinski definition) is 1. The maximum Gasteiger partial charge on any atom is 0.254 e. The van der Waals surface area contributed by atoms with E-state index in [0.717, 1.165) is 63.2 Å². The lowest BCUT2D eigenvalue weighted by atomic mass is 9.94. The zero-order valence-electron chi connectivity index (χ0n) is 18.8. The first-order valence-electron chi connectivity index (χ1n) is 11.7. The van der Waals surface area contributed by atoms with Crippen molar-refractivity contribution >= 4 is 34.4 Å². The Morgan fingerprint density at radius 3 is 2.65 bits per heavy atom. The van der Waals surface area contributed by atoms with E-state index in [2.05, 4.69) is 6.08 Å². The van der Waals surface area contributed by atoms with Crippen LogP contribution in [0.4, 0.5) is 0 Å². The number of likely N-dealkylation sites (tertiary alicyclic amines) is 1. The zero-order valence-corrected chi connectivity index (χ0v) is 18.8. The number of fused-ring (bicyclic) bond motifs is 3. The van der Waals surface area contributed by atoms with E-state index >= 15 is 0 Å². The third kappa shape index (κ3) is 3.48. The summed E-state index contributed by atoms with van der Waals surface area (Å²) in [4.78, 5) is 32.2. The van der Waals surface area contributed by atoms with Gasteiger partial charge in [0.05, 0.1) is 16.8 Å². The van der Waals surface area contributed by atoms with Crippen molar-refractivity contribution in [2.45, 2.75) is 25.7 Å². The highest BCUT2D eigenvalue weighted by atomic mass is 16.7. The molecular formula is C27H25N3O4. The van der Waals surface area contributed by atoms with E-state index in [1.807, 2.05) is 47.4 Å². The highest BCUT2D eigenvalue weighted by molar-refractivity contribution is 6.09. The van der Waals surface area contributed by atoms with Crippen molar-refractivity contribution in [2.75, 3.05) is 19.9 Å². The lowest BCUT2D eigenvalue weighted by molar-refractivity contribution is -0.123. The number of nitrogens with zero attached hydrogens (tertiary/aromatic N) is 2. The number of hydrogen-bond acceptors (Lipinski definition) is 5. The van der Waals surface area contributed by atoms with Gasteiger partial charge in [-0.25, -0.2) is 4.98 Å². The lowest BCUT2D eigenvalue weighted by Gasteiger charge is -2.31. The van der Waals surface area contributed by atoms with Crippen LogP contribution in [0.3, 0.4) is 0 Å². The van der Waals surface area contributed by atoms with Crippen LogP contribution in [0.5, 0.6) is 11.5 Å². The number of primary amides is 1. The highest BCUT2D eigenvalue weighted by Gasteiger charge is 2.32. The van der Waals surface area contributed by atoms with Gasteiger partial charge in [0.25, 0.3) is 5.91 Å². The molecule has 7 heteroatoms. The molecular weight excluding hydrogens is 430 g/mol. The lowest BCUT2D eigenvalue weighted by Crippen LogP contribution is -2.42. The van der Waals surface area contributed by atoms with Crippen LogP contribution in [0.2, 0.25) is 0 Å². The Morgan fingerprint density at radius 2 is 1.82 bits per heavy atom. The normalized spacial score (nSPS) is 18.5. The molecule has 0 saturated carbocycles. The van der Waals surface area contributed by atoms with E-state index in [1.54, 1.807) is 0 Å². The predicted molar refractivity (Wildman–Crippen MR) is 128 cm³/mol. The van der Waals surface area contributed by atoms with Crippen LogP contribution < -0.4 is 15.2 Å². The van der Waals surface area contributed by atoms with Crippen LogP contribution in [-0.4, -0.2) is 41.6 Å². The van der Waals surface area contributed by atoms with Gasteiger partial charge in [-0.05, 0) is 66.7 Å². The number of piperidine rings is 1. The predicted octanol–water partition coefficient (Wildman–Crippen LogP) is 3.79. The van der Waals surface area contributed by atoms with Crippen molar-refractivity contribution in [1.82, 2.24) is 9.88 Å². The number of amides is 2. The summed E-state index contributed by atoms with van der Waals surface area (Å²) in [6.07, 6.45) is 4.94. The molecule has 0 unspecified atom stereocenters. The van der Waals surface area contributed by atoms with E-state index in [-0.39, 0.29) is 24.5 Å². The maximum absolute atomic E-state index is 13.8. The fourth-order valence-corrected chi connectivity index (χ4v) is 5.25. The average Bonchev–Trinajstić information content (AvgIpc) is 3.49. The fraction of sp³-hybridized carbons (Fsp3) is 0.296. The largest absolute Gasteiger partial charge is 0.454 e. The van der Waals surface area contributed by atoms with Gasteiger partial charge in [0.15, 0.2) is 11.5 Å². The number of ether oxygens (including phenoxy) is 2. The van der Waals surface area contributed by atoms with Gasteiger partial charge in [0, 0.05) is 24.4 Å². The Labute approximate surface area is 197 Å². The molecule has 1 aliphatic carbocycles. The Morgan fingerprint density at radius 1 is 1.03 bits per heavy atom. The molecule has 6 rings (SSSR count). The van der Waals surface area contributed by atoms with Crippen molar-refractivity contribution in [1.29, 1.82) is 0 Å². The maximum atomic E-state index is 13.8. The molecule has 34 heavy (non-hydrogen) atoms. The molecule has 172 valence electrons. The summed E-state index contributed by atoms with van der Waals surface area (Å²) in [6.45, 7) is 1.32. The summed E-state index contributed by atoms with van der Waals surface area (Å²) >= 11 is 0. The first kappa shape index (κ1) is 20.7. The van der Waals surface area contributed by atoms with Gasteiger partial charge in [-0.15, -0.1) is 0 Å². The van der Waals surface area contributed by atoms with E-state index < -0.39 is 0 Å². The molecule has 7 nitrogen and oxygen atoms in total. The standard InChI is InChI=1S/C27H25N3O4/c28-26(31)17-9-11-30(12-10-17)27(32)24-19-3-1-2-4-21(19)29-25-18(6-7-20(24)25)13-16-5-8-22-23(14-16)34-15-33-22/h1-5,8,13-14,17H,6-7,9-12,15H2,(H2,28,31)/b18-13+. The van der Waals surface area contributed by atoms with Gasteiger partial charge in [0.1, 0.15) is 0 Å². The summed E-state index contributed by atoms with van der Waals surface area (Å²) in [5.41, 5.74) is 11.1. The van der Waals surface area contributed by atoms with Crippen LogP contribution in [-0.2, 0) is 11.2 Å². The third-order valence-corrected chi connectivity index (χ3v) is 7.08. The monoisotopic (exact) mass is 455 g/mol. The molecule has 1 aromatic heterocycles. The van der Waals surface area contributed by atoms with Crippen LogP contribution in [0.15, 0.2) is 42.5 Å². The molecule has 1 saturated heterocycles. The van der Waals surface area contributed by atoms with Crippen molar-refractivity contribution in [3.63, 3.8) is 0 Å². The number of carbonyl (C=O) groups is 2. The van der Waals surface area contributed by atoms with Crippen molar-refractivity contribution in [2.24, 2.45) is 11.7 Å². The summed E-state index contributed by atoms with van der Waals surface area (Å²) in [5, 5.41) is 0.882. The highest BCUT2D eigenvalue weighted by Crippen LogP contribution is 2.39. The third-order valence-electron chi connectivity index (χ3n) is 7.08. The number of benzene rings is 2. The topological polar surface area (TPSA) is 94.8 Å². The number of aromatic nitrogens is 1. The minimum atomic E-state index is -0.277. The number of pyridine rings is 1. The van der Waals surface area contributed by atoms with E-state index in [9.17, 15) is 9.59 Å².